The van der Waals surface area contributed by atoms with Gasteiger partial charge in [0, 0.05) is 12.0 Å². The molecule has 1 aromatic carbocycles. The Morgan fingerprint density at radius 1 is 1.37 bits per heavy atom. The van der Waals surface area contributed by atoms with Crippen LogP contribution in [0.15, 0.2) is 18.2 Å². The van der Waals surface area contributed by atoms with Gasteiger partial charge in [-0.15, -0.1) is 0 Å². The maximum Gasteiger partial charge on any atom is 0.219 e. The summed E-state index contributed by atoms with van der Waals surface area (Å²) in [6.07, 6.45) is 0.205. The maximum absolute atomic E-state index is 10.8. The van der Waals surface area contributed by atoms with Crippen LogP contribution in [0.3, 0.4) is 0 Å². The summed E-state index contributed by atoms with van der Waals surface area (Å²) in [5, 5.41) is 5.16. The molecule has 0 aliphatic carbocycles. The molecule has 1 aromatic heterocycles. The normalized spacial score (nSPS) is 10.7. The van der Waals surface area contributed by atoms with Crippen LogP contribution < -0.4 is 5.73 Å². The molecule has 0 bridgehead atoms. The smallest absolute Gasteiger partial charge is 0.219 e. The van der Waals surface area contributed by atoms with Gasteiger partial charge in [-0.2, -0.15) is 5.10 Å². The van der Waals surface area contributed by atoms with Gasteiger partial charge in [0.2, 0.25) is 5.91 Å². The molecule has 0 fully saturated rings. The molecule has 0 aliphatic heterocycles. The molecule has 7 heteroatoms. The second-order valence-electron chi connectivity index (χ2n) is 4.05. The fraction of sp³-hybridized carbons (Fsp3) is 0.250. The molecule has 2 rings (SSSR count). The van der Waals surface area contributed by atoms with E-state index in [2.05, 4.69) is 10.1 Å². The topological polar surface area (TPSA) is 73.8 Å². The lowest BCUT2D eigenvalue weighted by molar-refractivity contribution is -0.118. The first kappa shape index (κ1) is 13.8. The third-order valence-corrected chi connectivity index (χ3v) is 3.26. The number of rotatable bonds is 4. The second kappa shape index (κ2) is 5.59. The van der Waals surface area contributed by atoms with Crippen LogP contribution >= 0.6 is 23.2 Å². The zero-order valence-corrected chi connectivity index (χ0v) is 11.7. The predicted octanol–water partition coefficient (Wildman–Crippen LogP) is 2.44. The summed E-state index contributed by atoms with van der Waals surface area (Å²) >= 11 is 11.9. The molecule has 0 aliphatic rings. The highest BCUT2D eigenvalue weighted by Crippen LogP contribution is 2.27. The molecule has 0 saturated carbocycles. The van der Waals surface area contributed by atoms with Gasteiger partial charge in [-0.05, 0) is 25.1 Å². The van der Waals surface area contributed by atoms with Gasteiger partial charge in [-0.25, -0.2) is 9.67 Å². The summed E-state index contributed by atoms with van der Waals surface area (Å²) in [5.74, 6) is 0.871. The van der Waals surface area contributed by atoms with E-state index in [1.54, 1.807) is 29.8 Å². The van der Waals surface area contributed by atoms with E-state index in [1.165, 1.54) is 0 Å². The molecule has 0 spiro atoms. The van der Waals surface area contributed by atoms with Crippen molar-refractivity contribution in [1.29, 1.82) is 0 Å². The van der Waals surface area contributed by atoms with E-state index in [4.69, 9.17) is 28.9 Å². The summed E-state index contributed by atoms with van der Waals surface area (Å²) in [6, 6.07) is 5.22. The van der Waals surface area contributed by atoms with Crippen molar-refractivity contribution in [3.63, 3.8) is 0 Å². The Balaban J connectivity index is 2.37. The quantitative estimate of drug-likeness (QED) is 0.942. The number of carbonyl (C=O) groups excluding carboxylic acids is 1. The number of nitrogens with two attached hydrogens (primary N) is 1. The molecule has 0 saturated heterocycles. The number of primary amides is 1. The molecule has 0 atom stereocenters. The van der Waals surface area contributed by atoms with Crippen molar-refractivity contribution in [1.82, 2.24) is 14.8 Å². The third kappa shape index (κ3) is 3.24. The number of halogens is 2. The Morgan fingerprint density at radius 3 is 2.74 bits per heavy atom. The van der Waals surface area contributed by atoms with Crippen LogP contribution in [0.4, 0.5) is 0 Å². The molecular weight excluding hydrogens is 287 g/mol. The van der Waals surface area contributed by atoms with E-state index in [-0.39, 0.29) is 12.3 Å². The van der Waals surface area contributed by atoms with Crippen LogP contribution in [-0.2, 0) is 11.3 Å². The summed E-state index contributed by atoms with van der Waals surface area (Å²) in [6.45, 7) is 2.16. The Kier molecular flexibility index (Phi) is 4.07. The molecule has 0 unspecified atom stereocenters. The minimum Gasteiger partial charge on any atom is -0.370 e. The molecule has 100 valence electrons. The minimum atomic E-state index is -0.381. The predicted molar refractivity (Wildman–Crippen MR) is 74.0 cm³/mol. The van der Waals surface area contributed by atoms with E-state index < -0.39 is 0 Å². The van der Waals surface area contributed by atoms with E-state index in [1.807, 2.05) is 0 Å². The summed E-state index contributed by atoms with van der Waals surface area (Å²) in [7, 11) is 0. The fourth-order valence-electron chi connectivity index (χ4n) is 1.68. The Morgan fingerprint density at radius 2 is 2.11 bits per heavy atom. The number of amides is 1. The van der Waals surface area contributed by atoms with E-state index in [9.17, 15) is 4.79 Å². The van der Waals surface area contributed by atoms with E-state index in [0.29, 0.717) is 28.2 Å². The molecule has 2 aromatic rings. The first-order chi connectivity index (χ1) is 8.97. The van der Waals surface area contributed by atoms with Crippen LogP contribution in [0.5, 0.6) is 0 Å². The average Bonchev–Trinajstić information content (AvgIpc) is 2.71. The van der Waals surface area contributed by atoms with Crippen molar-refractivity contribution in [2.24, 2.45) is 5.73 Å². The van der Waals surface area contributed by atoms with Crippen LogP contribution in [0.2, 0.25) is 10.0 Å². The first-order valence-corrected chi connectivity index (χ1v) is 6.38. The Bertz CT molecular complexity index is 624. The van der Waals surface area contributed by atoms with Gasteiger partial charge in [0.1, 0.15) is 5.82 Å². The van der Waals surface area contributed by atoms with E-state index in [0.717, 1.165) is 5.56 Å². The van der Waals surface area contributed by atoms with Gasteiger partial charge in [0.05, 0.1) is 16.6 Å². The van der Waals surface area contributed by atoms with Crippen molar-refractivity contribution >= 4 is 29.1 Å². The molecule has 5 nitrogen and oxygen atoms in total. The number of hydrogen-bond acceptors (Lipinski definition) is 3. The third-order valence-electron chi connectivity index (χ3n) is 2.53. The molecule has 19 heavy (non-hydrogen) atoms. The minimum absolute atomic E-state index is 0.205. The number of carbonyl (C=O) groups is 1. The van der Waals surface area contributed by atoms with Crippen LogP contribution in [0.25, 0.3) is 11.4 Å². The number of nitrogens with zero attached hydrogens (tertiary/aromatic N) is 3. The van der Waals surface area contributed by atoms with E-state index >= 15 is 0 Å². The fourth-order valence-corrected chi connectivity index (χ4v) is 1.97. The number of aryl methyl sites for hydroxylation is 2. The molecule has 1 amide bonds. The lowest BCUT2D eigenvalue weighted by Gasteiger charge is -2.05. The highest BCUT2D eigenvalue weighted by Gasteiger charge is 2.12. The Labute approximate surface area is 120 Å². The highest BCUT2D eigenvalue weighted by molar-refractivity contribution is 6.42. The summed E-state index contributed by atoms with van der Waals surface area (Å²) in [4.78, 5) is 15.2. The van der Waals surface area contributed by atoms with Crippen LogP contribution in [-0.4, -0.2) is 20.7 Å². The summed E-state index contributed by atoms with van der Waals surface area (Å²) in [5.41, 5.74) is 5.93. The van der Waals surface area contributed by atoms with Gasteiger partial charge in [0.25, 0.3) is 0 Å². The molecular formula is C12H12Cl2N4O. The molecule has 1 heterocycles. The molecule has 0 radical (unpaired) electrons. The van der Waals surface area contributed by atoms with Gasteiger partial charge in [0.15, 0.2) is 5.82 Å². The standard InChI is InChI=1S/C12H12Cl2N4O/c1-7-16-12(18(17-7)5-4-11(15)19)8-2-3-9(13)10(14)6-8/h2-3,6H,4-5H2,1H3,(H2,15,19). The van der Waals surface area contributed by atoms with Gasteiger partial charge < -0.3 is 5.73 Å². The van der Waals surface area contributed by atoms with Crippen molar-refractivity contribution in [2.45, 2.75) is 19.9 Å². The Hall–Kier alpha value is -1.59. The van der Waals surface area contributed by atoms with Crippen molar-refractivity contribution in [2.75, 3.05) is 0 Å². The highest BCUT2D eigenvalue weighted by atomic mass is 35.5. The van der Waals surface area contributed by atoms with Crippen molar-refractivity contribution in [3.8, 4) is 11.4 Å². The van der Waals surface area contributed by atoms with Crippen LogP contribution in [0, 0.1) is 6.92 Å². The monoisotopic (exact) mass is 298 g/mol. The maximum atomic E-state index is 10.8. The zero-order valence-electron chi connectivity index (χ0n) is 10.2. The SMILES string of the molecule is Cc1nc(-c2ccc(Cl)c(Cl)c2)n(CCC(N)=O)n1. The number of aromatic nitrogens is 3. The largest absolute Gasteiger partial charge is 0.370 e. The van der Waals surface area contributed by atoms with Crippen molar-refractivity contribution in [3.05, 3.63) is 34.1 Å². The zero-order chi connectivity index (χ0) is 14.0. The molecule has 2 N–H and O–H groups in total. The lowest BCUT2D eigenvalue weighted by atomic mass is 10.2. The number of benzene rings is 1. The lowest BCUT2D eigenvalue weighted by Crippen LogP contribution is -2.15. The van der Waals surface area contributed by atoms with Crippen molar-refractivity contribution < 1.29 is 4.79 Å². The van der Waals surface area contributed by atoms with Gasteiger partial charge in [-0.1, -0.05) is 23.2 Å². The first-order valence-electron chi connectivity index (χ1n) is 5.62. The average molecular weight is 299 g/mol. The summed E-state index contributed by atoms with van der Waals surface area (Å²) < 4.78 is 1.64. The van der Waals surface area contributed by atoms with Crippen LogP contribution in [0.1, 0.15) is 12.2 Å². The second-order valence-corrected chi connectivity index (χ2v) is 4.87. The van der Waals surface area contributed by atoms with Gasteiger partial charge >= 0.3 is 0 Å². The van der Waals surface area contributed by atoms with Gasteiger partial charge in [-0.3, -0.25) is 4.79 Å². The number of hydrogen-bond donors (Lipinski definition) is 1.